The van der Waals surface area contributed by atoms with Crippen LogP contribution in [-0.4, -0.2) is 36.1 Å². The summed E-state index contributed by atoms with van der Waals surface area (Å²) in [5, 5.41) is 3.74. The molecule has 0 aromatic carbocycles. The lowest BCUT2D eigenvalue weighted by molar-refractivity contribution is 0.212. The van der Waals surface area contributed by atoms with E-state index < -0.39 is 0 Å². The molecule has 2 aliphatic heterocycles. The fourth-order valence-electron chi connectivity index (χ4n) is 3.42. The first-order valence-electron chi connectivity index (χ1n) is 6.37. The Morgan fingerprint density at radius 3 is 2.57 bits per heavy atom. The minimum Gasteiger partial charge on any atom is -0.311 e. The minimum atomic E-state index is 0.868. The Morgan fingerprint density at radius 2 is 2.07 bits per heavy atom. The van der Waals surface area contributed by atoms with E-state index in [1.54, 1.807) is 0 Å². The molecule has 3 unspecified atom stereocenters. The third-order valence-corrected chi connectivity index (χ3v) is 4.37. The lowest BCUT2D eigenvalue weighted by Crippen LogP contribution is -2.36. The van der Waals surface area contributed by atoms with E-state index in [2.05, 4.69) is 17.1 Å². The van der Waals surface area contributed by atoms with Gasteiger partial charge in [0.25, 0.3) is 0 Å². The molecule has 0 amide bonds. The second-order valence-electron chi connectivity index (χ2n) is 5.36. The average Bonchev–Trinajstić information content (AvgIpc) is 2.84. The molecule has 3 atom stereocenters. The lowest BCUT2D eigenvalue weighted by Gasteiger charge is -2.28. The highest BCUT2D eigenvalue weighted by atomic mass is 15.2. The summed E-state index contributed by atoms with van der Waals surface area (Å²) in [5.41, 5.74) is 0. The molecule has 3 fully saturated rings. The van der Waals surface area contributed by atoms with E-state index in [9.17, 15) is 0 Å². The van der Waals surface area contributed by atoms with E-state index in [4.69, 9.17) is 0 Å². The van der Waals surface area contributed by atoms with Gasteiger partial charge < -0.3 is 10.2 Å². The second kappa shape index (κ2) is 3.49. The number of rotatable bonds is 4. The maximum Gasteiger partial charge on any atom is 0.0111 e. The Labute approximate surface area is 87.0 Å². The quantitative estimate of drug-likeness (QED) is 0.731. The van der Waals surface area contributed by atoms with Gasteiger partial charge in [-0.15, -0.1) is 0 Å². The van der Waals surface area contributed by atoms with Crippen LogP contribution in [0.15, 0.2) is 0 Å². The molecule has 2 saturated heterocycles. The summed E-state index contributed by atoms with van der Waals surface area (Å²) < 4.78 is 0. The Morgan fingerprint density at radius 1 is 1.21 bits per heavy atom. The van der Waals surface area contributed by atoms with E-state index in [-0.39, 0.29) is 0 Å². The molecule has 2 nitrogen and oxygen atoms in total. The van der Waals surface area contributed by atoms with Crippen molar-refractivity contribution in [1.82, 2.24) is 10.2 Å². The molecule has 2 heteroatoms. The Hall–Kier alpha value is -0.0800. The van der Waals surface area contributed by atoms with Gasteiger partial charge in [-0.1, -0.05) is 6.92 Å². The van der Waals surface area contributed by atoms with Crippen LogP contribution in [0.25, 0.3) is 0 Å². The van der Waals surface area contributed by atoms with Crippen molar-refractivity contribution >= 4 is 0 Å². The van der Waals surface area contributed by atoms with Crippen LogP contribution in [0.5, 0.6) is 0 Å². The van der Waals surface area contributed by atoms with Gasteiger partial charge in [-0.3, -0.25) is 0 Å². The van der Waals surface area contributed by atoms with Gasteiger partial charge in [-0.25, -0.2) is 0 Å². The third-order valence-electron chi connectivity index (χ3n) is 4.37. The Kier molecular flexibility index (Phi) is 2.29. The Balaban J connectivity index is 1.56. The van der Waals surface area contributed by atoms with Crippen molar-refractivity contribution in [2.45, 2.75) is 57.2 Å². The largest absolute Gasteiger partial charge is 0.311 e. The van der Waals surface area contributed by atoms with Crippen LogP contribution in [-0.2, 0) is 0 Å². The predicted molar refractivity (Wildman–Crippen MR) is 58.3 cm³/mol. The molecule has 3 rings (SSSR count). The molecular formula is C12H22N2. The number of nitrogens with zero attached hydrogens (tertiary/aromatic N) is 1. The van der Waals surface area contributed by atoms with Crippen molar-refractivity contribution in [2.75, 3.05) is 13.1 Å². The zero-order chi connectivity index (χ0) is 9.54. The van der Waals surface area contributed by atoms with Gasteiger partial charge in [0.1, 0.15) is 0 Å². The van der Waals surface area contributed by atoms with Gasteiger partial charge in [0.2, 0.25) is 0 Å². The van der Waals surface area contributed by atoms with Crippen molar-refractivity contribution in [3.63, 3.8) is 0 Å². The first-order valence-corrected chi connectivity index (χ1v) is 6.37. The van der Waals surface area contributed by atoms with Gasteiger partial charge in [0.15, 0.2) is 0 Å². The highest BCUT2D eigenvalue weighted by Crippen LogP contribution is 2.35. The first kappa shape index (κ1) is 9.17. The standard InChI is InChI=1S/C12H22N2/c1-2-14(11-4-5-11)8-9-7-10-3-6-12(9)13-10/h9-13H,2-8H2,1H3. The van der Waals surface area contributed by atoms with Gasteiger partial charge in [-0.2, -0.15) is 0 Å². The summed E-state index contributed by atoms with van der Waals surface area (Å²) in [6, 6.07) is 2.70. The summed E-state index contributed by atoms with van der Waals surface area (Å²) in [6.45, 7) is 4.95. The van der Waals surface area contributed by atoms with E-state index in [1.165, 1.54) is 45.2 Å². The molecule has 2 heterocycles. The third kappa shape index (κ3) is 1.59. The van der Waals surface area contributed by atoms with E-state index >= 15 is 0 Å². The number of fused-ring (bicyclic) bond motifs is 2. The maximum atomic E-state index is 3.74. The van der Waals surface area contributed by atoms with Crippen LogP contribution in [0.2, 0.25) is 0 Å². The van der Waals surface area contributed by atoms with Crippen LogP contribution in [0, 0.1) is 5.92 Å². The fourth-order valence-corrected chi connectivity index (χ4v) is 3.42. The summed E-state index contributed by atoms with van der Waals surface area (Å²) in [4.78, 5) is 2.72. The van der Waals surface area contributed by atoms with Gasteiger partial charge in [0, 0.05) is 24.7 Å². The molecule has 0 aromatic rings. The van der Waals surface area contributed by atoms with E-state index in [1.807, 2.05) is 0 Å². The molecule has 0 spiro atoms. The second-order valence-corrected chi connectivity index (χ2v) is 5.36. The SMILES string of the molecule is CCN(CC1CC2CCC1N2)C1CC1. The van der Waals surface area contributed by atoms with Crippen LogP contribution >= 0.6 is 0 Å². The summed E-state index contributed by atoms with van der Waals surface area (Å²) >= 11 is 0. The molecule has 1 saturated carbocycles. The van der Waals surface area contributed by atoms with E-state index in [0.717, 1.165) is 24.0 Å². The van der Waals surface area contributed by atoms with Gasteiger partial charge >= 0.3 is 0 Å². The molecule has 80 valence electrons. The van der Waals surface area contributed by atoms with Gasteiger partial charge in [0.05, 0.1) is 0 Å². The zero-order valence-electron chi connectivity index (χ0n) is 9.21. The molecular weight excluding hydrogens is 172 g/mol. The predicted octanol–water partition coefficient (Wildman–Crippen LogP) is 1.61. The molecule has 0 radical (unpaired) electrons. The summed E-state index contributed by atoms with van der Waals surface area (Å²) in [5.74, 6) is 0.967. The molecule has 14 heavy (non-hydrogen) atoms. The molecule has 3 aliphatic rings. The highest BCUT2D eigenvalue weighted by molar-refractivity contribution is 4.99. The van der Waals surface area contributed by atoms with Crippen LogP contribution in [0.3, 0.4) is 0 Å². The topological polar surface area (TPSA) is 15.3 Å². The summed E-state index contributed by atoms with van der Waals surface area (Å²) in [6.07, 6.45) is 7.26. The average molecular weight is 194 g/mol. The normalized spacial score (nSPS) is 41.1. The van der Waals surface area contributed by atoms with Crippen molar-refractivity contribution in [1.29, 1.82) is 0 Å². The minimum absolute atomic E-state index is 0.868. The van der Waals surface area contributed by atoms with Crippen LogP contribution in [0.1, 0.15) is 39.0 Å². The molecule has 1 aliphatic carbocycles. The zero-order valence-corrected chi connectivity index (χ0v) is 9.21. The molecule has 2 bridgehead atoms. The van der Waals surface area contributed by atoms with E-state index in [0.29, 0.717) is 0 Å². The number of nitrogens with one attached hydrogen (secondary N) is 1. The van der Waals surface area contributed by atoms with Crippen LogP contribution < -0.4 is 5.32 Å². The fraction of sp³-hybridized carbons (Fsp3) is 1.00. The lowest BCUT2D eigenvalue weighted by atomic mass is 9.89. The van der Waals surface area contributed by atoms with Crippen molar-refractivity contribution < 1.29 is 0 Å². The number of hydrogen-bond acceptors (Lipinski definition) is 2. The van der Waals surface area contributed by atoms with Crippen LogP contribution in [0.4, 0.5) is 0 Å². The van der Waals surface area contributed by atoms with Crippen molar-refractivity contribution in [2.24, 2.45) is 5.92 Å². The maximum absolute atomic E-state index is 3.74. The molecule has 0 aromatic heterocycles. The number of hydrogen-bond donors (Lipinski definition) is 1. The van der Waals surface area contributed by atoms with Gasteiger partial charge in [-0.05, 0) is 44.6 Å². The van der Waals surface area contributed by atoms with Crippen molar-refractivity contribution in [3.8, 4) is 0 Å². The first-order chi connectivity index (χ1) is 6.86. The van der Waals surface area contributed by atoms with Crippen molar-refractivity contribution in [3.05, 3.63) is 0 Å². The smallest absolute Gasteiger partial charge is 0.0111 e. The monoisotopic (exact) mass is 194 g/mol. The molecule has 1 N–H and O–H groups in total. The Bertz CT molecular complexity index is 212. The summed E-state index contributed by atoms with van der Waals surface area (Å²) in [7, 11) is 0. The highest BCUT2D eigenvalue weighted by Gasteiger charge is 2.40.